The summed E-state index contributed by atoms with van der Waals surface area (Å²) in [4.78, 5) is 0. The Morgan fingerprint density at radius 3 is 2.75 bits per heavy atom. The number of halogens is 1. The first-order valence-electron chi connectivity index (χ1n) is 6.87. The highest BCUT2D eigenvalue weighted by molar-refractivity contribution is 6.30. The number of aromatic nitrogens is 4. The van der Waals surface area contributed by atoms with E-state index in [0.29, 0.717) is 17.6 Å². The van der Waals surface area contributed by atoms with Crippen molar-refractivity contribution in [2.24, 2.45) is 13.0 Å². The number of aryl methyl sites for hydroxylation is 2. The Morgan fingerprint density at radius 1 is 1.40 bits per heavy atom. The molecule has 0 bridgehead atoms. The molecule has 0 radical (unpaired) electrons. The van der Waals surface area contributed by atoms with Crippen LogP contribution in [0.25, 0.3) is 0 Å². The Labute approximate surface area is 124 Å². The average Bonchev–Trinajstić information content (AvgIpc) is 2.90. The van der Waals surface area contributed by atoms with Crippen LogP contribution >= 0.6 is 11.6 Å². The lowest BCUT2D eigenvalue weighted by molar-refractivity contribution is 0.552. The molecule has 110 valence electrons. The molecular formula is C14H22ClN5. The van der Waals surface area contributed by atoms with Gasteiger partial charge < -0.3 is 5.32 Å². The lowest BCUT2D eigenvalue weighted by atomic mass is 10.2. The molecule has 2 aromatic rings. The monoisotopic (exact) mass is 295 g/mol. The van der Waals surface area contributed by atoms with Crippen molar-refractivity contribution in [3.8, 4) is 0 Å². The second-order valence-electron chi connectivity index (χ2n) is 5.55. The first-order valence-corrected chi connectivity index (χ1v) is 7.25. The number of hydrogen-bond donors (Lipinski definition) is 1. The maximum absolute atomic E-state index is 6.24. The van der Waals surface area contributed by atoms with Gasteiger partial charge in [-0.1, -0.05) is 25.4 Å². The van der Waals surface area contributed by atoms with Gasteiger partial charge in [0.05, 0.1) is 18.4 Å². The van der Waals surface area contributed by atoms with Crippen LogP contribution in [-0.2, 0) is 20.1 Å². The molecule has 5 nitrogen and oxygen atoms in total. The van der Waals surface area contributed by atoms with Crippen molar-refractivity contribution in [3.05, 3.63) is 34.4 Å². The van der Waals surface area contributed by atoms with Crippen LogP contribution in [0.2, 0.25) is 5.15 Å². The Bertz CT molecular complexity index is 570. The van der Waals surface area contributed by atoms with Crippen LogP contribution in [0.4, 0.5) is 0 Å². The van der Waals surface area contributed by atoms with Gasteiger partial charge in [-0.25, -0.2) is 0 Å². The zero-order valence-electron chi connectivity index (χ0n) is 12.5. The Hall–Kier alpha value is -1.33. The molecule has 6 heteroatoms. The zero-order valence-corrected chi connectivity index (χ0v) is 13.3. The van der Waals surface area contributed by atoms with E-state index in [-0.39, 0.29) is 0 Å². The number of rotatable bonds is 6. The Morgan fingerprint density at radius 2 is 2.15 bits per heavy atom. The predicted octanol–water partition coefficient (Wildman–Crippen LogP) is 2.37. The maximum atomic E-state index is 6.24. The van der Waals surface area contributed by atoms with Gasteiger partial charge in [-0.05, 0) is 19.4 Å². The van der Waals surface area contributed by atoms with Gasteiger partial charge in [-0.3, -0.25) is 9.36 Å². The molecule has 0 aliphatic rings. The van der Waals surface area contributed by atoms with Crippen molar-refractivity contribution in [2.75, 3.05) is 6.54 Å². The van der Waals surface area contributed by atoms with Gasteiger partial charge in [0.15, 0.2) is 0 Å². The molecule has 0 atom stereocenters. The second kappa shape index (κ2) is 6.41. The lowest BCUT2D eigenvalue weighted by Gasteiger charge is -2.05. The third kappa shape index (κ3) is 3.61. The molecule has 2 heterocycles. The van der Waals surface area contributed by atoms with E-state index in [1.165, 1.54) is 5.56 Å². The van der Waals surface area contributed by atoms with E-state index in [0.717, 1.165) is 24.3 Å². The van der Waals surface area contributed by atoms with Crippen LogP contribution in [0.1, 0.15) is 30.7 Å². The molecule has 0 aliphatic carbocycles. The quantitative estimate of drug-likeness (QED) is 0.890. The molecule has 0 saturated heterocycles. The van der Waals surface area contributed by atoms with Gasteiger partial charge in [-0.2, -0.15) is 10.2 Å². The van der Waals surface area contributed by atoms with Crippen LogP contribution in [-0.4, -0.2) is 26.1 Å². The van der Waals surface area contributed by atoms with E-state index in [2.05, 4.69) is 35.6 Å². The summed E-state index contributed by atoms with van der Waals surface area (Å²) in [5.41, 5.74) is 3.16. The predicted molar refractivity (Wildman–Crippen MR) is 80.8 cm³/mol. The van der Waals surface area contributed by atoms with Crippen LogP contribution in [0.5, 0.6) is 0 Å². The van der Waals surface area contributed by atoms with E-state index < -0.39 is 0 Å². The molecule has 2 rings (SSSR count). The fraction of sp³-hybridized carbons (Fsp3) is 0.571. The maximum Gasteiger partial charge on any atom is 0.132 e. The summed E-state index contributed by atoms with van der Waals surface area (Å²) in [6.07, 6.45) is 3.95. The van der Waals surface area contributed by atoms with Crippen molar-refractivity contribution in [3.63, 3.8) is 0 Å². The highest BCUT2D eigenvalue weighted by Gasteiger charge is 2.12. The topological polar surface area (TPSA) is 47.7 Å². The summed E-state index contributed by atoms with van der Waals surface area (Å²) in [5, 5.41) is 12.8. The highest BCUT2D eigenvalue weighted by Crippen LogP contribution is 2.19. The first kappa shape index (κ1) is 15.1. The number of nitrogens with one attached hydrogen (secondary N) is 1. The molecule has 0 aliphatic heterocycles. The molecule has 0 aromatic carbocycles. The summed E-state index contributed by atoms with van der Waals surface area (Å²) in [6.45, 7) is 8.88. The van der Waals surface area contributed by atoms with E-state index in [9.17, 15) is 0 Å². The molecule has 0 spiro atoms. The lowest BCUT2D eigenvalue weighted by Crippen LogP contribution is -2.18. The van der Waals surface area contributed by atoms with Gasteiger partial charge in [0, 0.05) is 30.9 Å². The Kier molecular flexibility index (Phi) is 4.83. The zero-order chi connectivity index (χ0) is 14.7. The molecule has 20 heavy (non-hydrogen) atoms. The molecule has 0 fully saturated rings. The molecule has 0 unspecified atom stereocenters. The summed E-state index contributed by atoms with van der Waals surface area (Å²) >= 11 is 6.24. The average molecular weight is 296 g/mol. The highest BCUT2D eigenvalue weighted by atomic mass is 35.5. The summed E-state index contributed by atoms with van der Waals surface area (Å²) in [7, 11) is 1.85. The third-order valence-electron chi connectivity index (χ3n) is 3.16. The largest absolute Gasteiger partial charge is 0.312 e. The van der Waals surface area contributed by atoms with Gasteiger partial charge in [-0.15, -0.1) is 0 Å². The van der Waals surface area contributed by atoms with E-state index in [1.807, 2.05) is 24.9 Å². The minimum Gasteiger partial charge on any atom is -0.312 e. The molecule has 0 amide bonds. The van der Waals surface area contributed by atoms with Crippen LogP contribution in [0.15, 0.2) is 12.4 Å². The van der Waals surface area contributed by atoms with Crippen LogP contribution in [0, 0.1) is 12.8 Å². The second-order valence-corrected chi connectivity index (χ2v) is 5.91. The minimum atomic E-state index is 0.655. The summed E-state index contributed by atoms with van der Waals surface area (Å²) < 4.78 is 3.60. The van der Waals surface area contributed by atoms with Crippen molar-refractivity contribution in [2.45, 2.75) is 33.9 Å². The summed E-state index contributed by atoms with van der Waals surface area (Å²) in [5.74, 6) is 0.655. The van der Waals surface area contributed by atoms with Gasteiger partial charge >= 0.3 is 0 Å². The van der Waals surface area contributed by atoms with Gasteiger partial charge in [0.2, 0.25) is 0 Å². The number of hydrogen-bond acceptors (Lipinski definition) is 3. The molecule has 2 aromatic heterocycles. The molecule has 1 N–H and O–H groups in total. The van der Waals surface area contributed by atoms with Crippen LogP contribution < -0.4 is 5.32 Å². The third-order valence-corrected chi connectivity index (χ3v) is 3.63. The van der Waals surface area contributed by atoms with Crippen molar-refractivity contribution in [1.29, 1.82) is 0 Å². The molecule has 0 saturated carbocycles. The van der Waals surface area contributed by atoms with Gasteiger partial charge in [0.25, 0.3) is 0 Å². The minimum absolute atomic E-state index is 0.655. The first-order chi connectivity index (χ1) is 9.47. The standard InChI is InChI=1S/C14H22ClN5/c1-10(2)5-16-6-12-7-17-20(8-12)9-13-11(3)18-19(4)14(13)15/h7-8,10,16H,5-6,9H2,1-4H3. The smallest absolute Gasteiger partial charge is 0.132 e. The number of nitrogens with zero attached hydrogens (tertiary/aromatic N) is 4. The molecular weight excluding hydrogens is 274 g/mol. The van der Waals surface area contributed by atoms with E-state index in [4.69, 9.17) is 11.6 Å². The van der Waals surface area contributed by atoms with Crippen molar-refractivity contribution >= 4 is 11.6 Å². The van der Waals surface area contributed by atoms with Crippen LogP contribution in [0.3, 0.4) is 0 Å². The van der Waals surface area contributed by atoms with Crippen molar-refractivity contribution < 1.29 is 0 Å². The van der Waals surface area contributed by atoms with E-state index >= 15 is 0 Å². The fourth-order valence-corrected chi connectivity index (χ4v) is 2.34. The van der Waals surface area contributed by atoms with E-state index in [1.54, 1.807) is 4.68 Å². The van der Waals surface area contributed by atoms with Crippen molar-refractivity contribution in [1.82, 2.24) is 24.9 Å². The summed E-state index contributed by atoms with van der Waals surface area (Å²) in [6, 6.07) is 0. The van der Waals surface area contributed by atoms with Gasteiger partial charge in [0.1, 0.15) is 5.15 Å². The Balaban J connectivity index is 1.99. The SMILES string of the molecule is Cc1nn(C)c(Cl)c1Cn1cc(CNCC(C)C)cn1. The fourth-order valence-electron chi connectivity index (χ4n) is 2.10. The normalized spacial score (nSPS) is 11.5.